The SMILES string of the molecule is CC(C)(C)OC(=O)N[C@@H](Cc1cn(C(=O)OC(C)(C)C)c2ccccc12)C(=O)OC(C)(C)C. The van der Waals surface area contributed by atoms with Crippen LogP contribution in [0.5, 0.6) is 0 Å². The van der Waals surface area contributed by atoms with Crippen LogP contribution >= 0.6 is 0 Å². The predicted molar refractivity (Wildman–Crippen MR) is 126 cm³/mol. The van der Waals surface area contributed by atoms with E-state index in [1.54, 1.807) is 74.6 Å². The van der Waals surface area contributed by atoms with E-state index in [-0.39, 0.29) is 6.42 Å². The number of esters is 1. The second kappa shape index (κ2) is 9.45. The van der Waals surface area contributed by atoms with Crippen molar-refractivity contribution in [2.45, 2.75) is 91.6 Å². The summed E-state index contributed by atoms with van der Waals surface area (Å²) in [5.74, 6) is -0.595. The zero-order valence-corrected chi connectivity index (χ0v) is 21.1. The first-order valence-corrected chi connectivity index (χ1v) is 11.0. The number of hydrogen-bond acceptors (Lipinski definition) is 6. The van der Waals surface area contributed by atoms with Crippen molar-refractivity contribution in [3.8, 4) is 0 Å². The van der Waals surface area contributed by atoms with Crippen LogP contribution in [0.3, 0.4) is 0 Å². The normalized spacial score (nSPS) is 13.4. The number of aromatic nitrogens is 1. The van der Waals surface area contributed by atoms with Crippen LogP contribution in [0.15, 0.2) is 30.5 Å². The molecule has 0 radical (unpaired) electrons. The molecule has 8 heteroatoms. The van der Waals surface area contributed by atoms with Crippen molar-refractivity contribution in [2.75, 3.05) is 0 Å². The number of hydrogen-bond donors (Lipinski definition) is 1. The number of nitrogens with one attached hydrogen (secondary N) is 1. The predicted octanol–water partition coefficient (Wildman–Crippen LogP) is 5.20. The lowest BCUT2D eigenvalue weighted by Crippen LogP contribution is -2.47. The van der Waals surface area contributed by atoms with E-state index in [0.29, 0.717) is 11.1 Å². The quantitative estimate of drug-likeness (QED) is 0.498. The molecule has 1 atom stereocenters. The number of nitrogens with zero attached hydrogens (tertiary/aromatic N) is 1. The molecule has 1 amide bonds. The fourth-order valence-electron chi connectivity index (χ4n) is 3.11. The van der Waals surface area contributed by atoms with Gasteiger partial charge in [0.15, 0.2) is 0 Å². The van der Waals surface area contributed by atoms with Crippen LogP contribution in [0.2, 0.25) is 0 Å². The monoisotopic (exact) mass is 460 g/mol. The van der Waals surface area contributed by atoms with Crippen LogP contribution in [-0.4, -0.2) is 45.6 Å². The van der Waals surface area contributed by atoms with E-state index in [4.69, 9.17) is 14.2 Å². The van der Waals surface area contributed by atoms with E-state index in [1.807, 2.05) is 18.2 Å². The van der Waals surface area contributed by atoms with E-state index >= 15 is 0 Å². The van der Waals surface area contributed by atoms with Crippen LogP contribution in [0.25, 0.3) is 10.9 Å². The molecule has 0 unspecified atom stereocenters. The first-order chi connectivity index (χ1) is 15.0. The summed E-state index contributed by atoms with van der Waals surface area (Å²) in [5, 5.41) is 3.39. The van der Waals surface area contributed by atoms with E-state index in [0.717, 1.165) is 5.39 Å². The lowest BCUT2D eigenvalue weighted by atomic mass is 10.0. The molecule has 1 N–H and O–H groups in total. The van der Waals surface area contributed by atoms with Crippen molar-refractivity contribution in [3.05, 3.63) is 36.0 Å². The summed E-state index contributed by atoms with van der Waals surface area (Å²) in [5.41, 5.74) is -0.810. The lowest BCUT2D eigenvalue weighted by molar-refractivity contribution is -0.157. The van der Waals surface area contributed by atoms with Crippen molar-refractivity contribution in [1.82, 2.24) is 9.88 Å². The zero-order chi connectivity index (χ0) is 25.2. The number of para-hydroxylation sites is 1. The van der Waals surface area contributed by atoms with Gasteiger partial charge in [-0.15, -0.1) is 0 Å². The minimum Gasteiger partial charge on any atom is -0.458 e. The fourth-order valence-corrected chi connectivity index (χ4v) is 3.11. The highest BCUT2D eigenvalue weighted by Gasteiger charge is 2.30. The first kappa shape index (κ1) is 26.2. The lowest BCUT2D eigenvalue weighted by Gasteiger charge is -2.26. The second-order valence-electron chi connectivity index (χ2n) is 11.0. The van der Waals surface area contributed by atoms with Gasteiger partial charge < -0.3 is 19.5 Å². The minimum atomic E-state index is -1.02. The molecule has 2 rings (SSSR count). The summed E-state index contributed by atoms with van der Waals surface area (Å²) in [6.07, 6.45) is 0.477. The summed E-state index contributed by atoms with van der Waals surface area (Å²) >= 11 is 0. The summed E-state index contributed by atoms with van der Waals surface area (Å²) < 4.78 is 17.8. The van der Waals surface area contributed by atoms with Crippen molar-refractivity contribution < 1.29 is 28.6 Å². The maximum atomic E-state index is 12.9. The summed E-state index contributed by atoms with van der Waals surface area (Å²) in [6, 6.07) is 6.29. The van der Waals surface area contributed by atoms with Gasteiger partial charge in [-0.2, -0.15) is 0 Å². The van der Waals surface area contributed by atoms with Crippen LogP contribution in [0.1, 0.15) is 67.9 Å². The molecule has 0 aliphatic rings. The molecule has 8 nitrogen and oxygen atoms in total. The van der Waals surface area contributed by atoms with Crippen LogP contribution in [0, 0.1) is 0 Å². The molecule has 0 aliphatic heterocycles. The van der Waals surface area contributed by atoms with Crippen molar-refractivity contribution >= 4 is 29.1 Å². The fraction of sp³-hybridized carbons (Fsp3) is 0.560. The molecule has 0 fully saturated rings. The highest BCUT2D eigenvalue weighted by molar-refractivity contribution is 5.93. The summed E-state index contributed by atoms with van der Waals surface area (Å²) in [7, 11) is 0. The number of benzene rings is 1. The number of rotatable bonds is 4. The smallest absolute Gasteiger partial charge is 0.419 e. The maximum Gasteiger partial charge on any atom is 0.419 e. The Labute approximate surface area is 195 Å². The molecule has 0 saturated heterocycles. The molecule has 2 aromatic rings. The van der Waals surface area contributed by atoms with Gasteiger partial charge in [0, 0.05) is 18.0 Å². The molecular formula is C25H36N2O6. The molecule has 33 heavy (non-hydrogen) atoms. The third-order valence-electron chi connectivity index (χ3n) is 4.19. The highest BCUT2D eigenvalue weighted by atomic mass is 16.6. The van der Waals surface area contributed by atoms with Gasteiger partial charge in [-0.3, -0.25) is 4.57 Å². The summed E-state index contributed by atoms with van der Waals surface area (Å²) in [6.45, 7) is 15.9. The Morgan fingerprint density at radius 3 is 1.94 bits per heavy atom. The Kier molecular flexibility index (Phi) is 7.51. The van der Waals surface area contributed by atoms with Crippen LogP contribution < -0.4 is 5.32 Å². The first-order valence-electron chi connectivity index (χ1n) is 11.0. The van der Waals surface area contributed by atoms with Crippen LogP contribution in [0.4, 0.5) is 9.59 Å². The molecule has 0 saturated carbocycles. The van der Waals surface area contributed by atoms with Gasteiger partial charge in [-0.05, 0) is 73.9 Å². The van der Waals surface area contributed by atoms with Gasteiger partial charge in [-0.25, -0.2) is 14.4 Å². The van der Waals surface area contributed by atoms with Gasteiger partial charge >= 0.3 is 18.2 Å². The van der Waals surface area contributed by atoms with Crippen molar-refractivity contribution in [2.24, 2.45) is 0 Å². The number of carbonyl (C=O) groups excluding carboxylic acids is 3. The zero-order valence-electron chi connectivity index (χ0n) is 21.1. The second-order valence-corrected chi connectivity index (χ2v) is 11.0. The summed E-state index contributed by atoms with van der Waals surface area (Å²) in [4.78, 5) is 38.2. The van der Waals surface area contributed by atoms with E-state index in [2.05, 4.69) is 5.32 Å². The molecular weight excluding hydrogens is 424 g/mol. The molecule has 1 heterocycles. The number of ether oxygens (including phenoxy) is 3. The standard InChI is InChI=1S/C25H36N2O6/c1-23(2,3)31-20(28)18(26-21(29)32-24(4,5)6)14-16-15-27(22(30)33-25(7,8)9)19-13-11-10-12-17(16)19/h10-13,15,18H,14H2,1-9H3,(H,26,29)/t18-/m0/s1. The Morgan fingerprint density at radius 2 is 1.39 bits per heavy atom. The van der Waals surface area contributed by atoms with Gasteiger partial charge in [0.2, 0.25) is 0 Å². The van der Waals surface area contributed by atoms with E-state index in [9.17, 15) is 14.4 Å². The van der Waals surface area contributed by atoms with E-state index in [1.165, 1.54) is 4.57 Å². The molecule has 0 bridgehead atoms. The third-order valence-corrected chi connectivity index (χ3v) is 4.19. The van der Waals surface area contributed by atoms with Crippen molar-refractivity contribution in [1.29, 1.82) is 0 Å². The van der Waals surface area contributed by atoms with Gasteiger partial charge in [0.25, 0.3) is 0 Å². The third kappa shape index (κ3) is 8.11. The number of carbonyl (C=O) groups is 3. The Bertz CT molecular complexity index is 1020. The number of alkyl carbamates (subject to hydrolysis) is 1. The minimum absolute atomic E-state index is 0.102. The molecule has 182 valence electrons. The highest BCUT2D eigenvalue weighted by Crippen LogP contribution is 2.25. The van der Waals surface area contributed by atoms with E-state index < -0.39 is 41.0 Å². The van der Waals surface area contributed by atoms with Crippen molar-refractivity contribution in [3.63, 3.8) is 0 Å². The maximum absolute atomic E-state index is 12.9. The Balaban J connectivity index is 2.42. The molecule has 0 aliphatic carbocycles. The molecule has 1 aromatic carbocycles. The van der Waals surface area contributed by atoms with Gasteiger partial charge in [0.05, 0.1) is 5.52 Å². The van der Waals surface area contributed by atoms with Gasteiger partial charge in [-0.1, -0.05) is 18.2 Å². The Morgan fingerprint density at radius 1 is 0.848 bits per heavy atom. The topological polar surface area (TPSA) is 95.9 Å². The van der Waals surface area contributed by atoms with Gasteiger partial charge in [0.1, 0.15) is 22.8 Å². The largest absolute Gasteiger partial charge is 0.458 e. The Hall–Kier alpha value is -3.03. The number of fused-ring (bicyclic) bond motifs is 1. The molecule has 0 spiro atoms. The van der Waals surface area contributed by atoms with Crippen LogP contribution in [-0.2, 0) is 25.4 Å². The average molecular weight is 461 g/mol. The average Bonchev–Trinajstić information content (AvgIpc) is 2.95. The number of amides is 1. The molecule has 1 aromatic heterocycles.